The summed E-state index contributed by atoms with van der Waals surface area (Å²) in [5.41, 5.74) is 3.70. The fourth-order valence-electron chi connectivity index (χ4n) is 1.99. The average Bonchev–Trinajstić information content (AvgIpc) is 2.82. The van der Waals surface area contributed by atoms with Crippen molar-refractivity contribution in [2.45, 2.75) is 13.5 Å². The maximum atomic E-state index is 4.59. The van der Waals surface area contributed by atoms with E-state index in [-0.39, 0.29) is 0 Å². The van der Waals surface area contributed by atoms with Crippen molar-refractivity contribution in [2.75, 3.05) is 5.32 Å². The first kappa shape index (κ1) is 11.6. The molecule has 0 saturated heterocycles. The Balaban J connectivity index is 1.86. The van der Waals surface area contributed by atoms with Crippen LogP contribution in [0.25, 0.3) is 11.0 Å². The van der Waals surface area contributed by atoms with E-state index in [0.29, 0.717) is 6.54 Å². The molecular weight excluding hydrogens is 238 g/mol. The third kappa shape index (κ3) is 2.40. The molecule has 5 heteroatoms. The molecule has 1 N–H and O–H groups in total. The molecule has 0 amide bonds. The van der Waals surface area contributed by atoms with E-state index in [1.54, 1.807) is 4.68 Å². The summed E-state index contributed by atoms with van der Waals surface area (Å²) < 4.78 is 1.79. The molecule has 0 fully saturated rings. The number of benzene rings is 1. The summed E-state index contributed by atoms with van der Waals surface area (Å²) in [5, 5.41) is 7.61. The van der Waals surface area contributed by atoms with Crippen LogP contribution in [0.1, 0.15) is 11.4 Å². The van der Waals surface area contributed by atoms with E-state index in [9.17, 15) is 0 Å². The number of rotatable bonds is 3. The third-order valence-electron chi connectivity index (χ3n) is 2.95. The van der Waals surface area contributed by atoms with Crippen molar-refractivity contribution in [1.82, 2.24) is 19.7 Å². The molecule has 0 aliphatic rings. The van der Waals surface area contributed by atoms with Crippen LogP contribution < -0.4 is 5.32 Å². The van der Waals surface area contributed by atoms with Gasteiger partial charge in [0.25, 0.3) is 0 Å². The Kier molecular flexibility index (Phi) is 2.87. The zero-order chi connectivity index (χ0) is 13.2. The third-order valence-corrected chi connectivity index (χ3v) is 2.95. The predicted molar refractivity (Wildman–Crippen MR) is 74.8 cm³/mol. The van der Waals surface area contributed by atoms with Crippen LogP contribution in [0.15, 0.2) is 36.5 Å². The monoisotopic (exact) mass is 253 g/mol. The van der Waals surface area contributed by atoms with Gasteiger partial charge in [0.05, 0.1) is 29.0 Å². The number of nitrogens with one attached hydrogen (secondary N) is 1. The SMILES string of the molecule is Cc1nc2ccccc2nc1NCc1ccn(C)n1. The molecule has 3 rings (SSSR count). The van der Waals surface area contributed by atoms with Crippen LogP contribution in [0.2, 0.25) is 0 Å². The van der Waals surface area contributed by atoms with Gasteiger partial charge >= 0.3 is 0 Å². The number of fused-ring (bicyclic) bond motifs is 1. The van der Waals surface area contributed by atoms with E-state index < -0.39 is 0 Å². The number of anilines is 1. The highest BCUT2D eigenvalue weighted by molar-refractivity contribution is 5.76. The van der Waals surface area contributed by atoms with Crippen molar-refractivity contribution in [2.24, 2.45) is 7.05 Å². The number of para-hydroxylation sites is 2. The van der Waals surface area contributed by atoms with E-state index in [1.165, 1.54) is 0 Å². The first-order valence-corrected chi connectivity index (χ1v) is 6.18. The summed E-state index contributed by atoms with van der Waals surface area (Å²) in [6.45, 7) is 2.61. The fourth-order valence-corrected chi connectivity index (χ4v) is 1.99. The molecule has 0 bridgehead atoms. The lowest BCUT2D eigenvalue weighted by molar-refractivity contribution is 0.747. The molecule has 0 unspecified atom stereocenters. The van der Waals surface area contributed by atoms with Gasteiger partial charge < -0.3 is 5.32 Å². The first-order valence-electron chi connectivity index (χ1n) is 6.18. The normalized spacial score (nSPS) is 10.8. The standard InChI is InChI=1S/C14H15N5/c1-10-14(15-9-11-7-8-19(2)18-11)17-13-6-4-3-5-12(13)16-10/h3-8H,9H2,1-2H3,(H,15,17). The van der Waals surface area contributed by atoms with E-state index in [1.807, 2.05) is 50.5 Å². The molecule has 2 heterocycles. The maximum absolute atomic E-state index is 4.59. The first-order chi connectivity index (χ1) is 9.22. The second-order valence-electron chi connectivity index (χ2n) is 4.48. The minimum Gasteiger partial charge on any atom is -0.363 e. The van der Waals surface area contributed by atoms with Crippen LogP contribution in [-0.2, 0) is 13.6 Å². The molecule has 1 aromatic carbocycles. The van der Waals surface area contributed by atoms with Gasteiger partial charge in [-0.05, 0) is 25.1 Å². The molecule has 0 atom stereocenters. The van der Waals surface area contributed by atoms with Crippen LogP contribution in [0.3, 0.4) is 0 Å². The van der Waals surface area contributed by atoms with Gasteiger partial charge in [-0.15, -0.1) is 0 Å². The van der Waals surface area contributed by atoms with Gasteiger partial charge in [0, 0.05) is 13.2 Å². The van der Waals surface area contributed by atoms with Crippen LogP contribution in [-0.4, -0.2) is 19.7 Å². The van der Waals surface area contributed by atoms with Crippen molar-refractivity contribution in [3.8, 4) is 0 Å². The van der Waals surface area contributed by atoms with E-state index in [4.69, 9.17) is 0 Å². The molecule has 0 aliphatic carbocycles. The van der Waals surface area contributed by atoms with Crippen molar-refractivity contribution in [3.05, 3.63) is 47.9 Å². The molecule has 5 nitrogen and oxygen atoms in total. The molecule has 0 spiro atoms. The molecular formula is C14H15N5. The molecule has 0 saturated carbocycles. The minimum atomic E-state index is 0.648. The van der Waals surface area contributed by atoms with Crippen molar-refractivity contribution < 1.29 is 0 Å². The van der Waals surface area contributed by atoms with Gasteiger partial charge in [-0.1, -0.05) is 12.1 Å². The number of nitrogens with zero attached hydrogens (tertiary/aromatic N) is 4. The minimum absolute atomic E-state index is 0.648. The van der Waals surface area contributed by atoms with Gasteiger partial charge in [-0.25, -0.2) is 9.97 Å². The Labute approximate surface area is 111 Å². The molecule has 0 radical (unpaired) electrons. The Bertz CT molecular complexity index is 717. The van der Waals surface area contributed by atoms with Crippen molar-refractivity contribution in [3.63, 3.8) is 0 Å². The zero-order valence-corrected chi connectivity index (χ0v) is 11.0. The summed E-state index contributed by atoms with van der Waals surface area (Å²) in [6, 6.07) is 9.86. The average molecular weight is 253 g/mol. The van der Waals surface area contributed by atoms with Crippen molar-refractivity contribution in [1.29, 1.82) is 0 Å². The number of aryl methyl sites for hydroxylation is 2. The zero-order valence-electron chi connectivity index (χ0n) is 11.0. The Morgan fingerprint density at radius 2 is 1.84 bits per heavy atom. The largest absolute Gasteiger partial charge is 0.363 e. The lowest BCUT2D eigenvalue weighted by Gasteiger charge is -2.08. The van der Waals surface area contributed by atoms with Crippen LogP contribution in [0.4, 0.5) is 5.82 Å². The van der Waals surface area contributed by atoms with Gasteiger partial charge in [-0.3, -0.25) is 4.68 Å². The molecule has 0 aliphatic heterocycles. The lowest BCUT2D eigenvalue weighted by Crippen LogP contribution is -2.05. The number of hydrogen-bond donors (Lipinski definition) is 1. The van der Waals surface area contributed by atoms with Crippen LogP contribution >= 0.6 is 0 Å². The quantitative estimate of drug-likeness (QED) is 0.778. The van der Waals surface area contributed by atoms with E-state index in [2.05, 4.69) is 20.4 Å². The topological polar surface area (TPSA) is 55.6 Å². The number of aromatic nitrogens is 4. The predicted octanol–water partition coefficient (Wildman–Crippen LogP) is 2.28. The summed E-state index contributed by atoms with van der Waals surface area (Å²) in [7, 11) is 1.91. The van der Waals surface area contributed by atoms with Gasteiger partial charge in [0.15, 0.2) is 0 Å². The molecule has 2 aromatic heterocycles. The smallest absolute Gasteiger partial charge is 0.148 e. The van der Waals surface area contributed by atoms with Crippen LogP contribution in [0.5, 0.6) is 0 Å². The van der Waals surface area contributed by atoms with E-state index in [0.717, 1.165) is 28.2 Å². The Hall–Kier alpha value is -2.43. The second kappa shape index (κ2) is 4.68. The Morgan fingerprint density at radius 1 is 1.11 bits per heavy atom. The fraction of sp³-hybridized carbons (Fsp3) is 0.214. The molecule has 3 aromatic rings. The second-order valence-corrected chi connectivity index (χ2v) is 4.48. The van der Waals surface area contributed by atoms with Crippen LogP contribution in [0, 0.1) is 6.92 Å². The summed E-state index contributed by atoms with van der Waals surface area (Å²) in [5.74, 6) is 0.810. The summed E-state index contributed by atoms with van der Waals surface area (Å²) in [6.07, 6.45) is 1.93. The lowest BCUT2D eigenvalue weighted by atomic mass is 10.3. The summed E-state index contributed by atoms with van der Waals surface area (Å²) >= 11 is 0. The molecule has 96 valence electrons. The highest BCUT2D eigenvalue weighted by Crippen LogP contribution is 2.16. The van der Waals surface area contributed by atoms with Gasteiger partial charge in [0.2, 0.25) is 0 Å². The van der Waals surface area contributed by atoms with Gasteiger partial charge in [0.1, 0.15) is 5.82 Å². The maximum Gasteiger partial charge on any atom is 0.148 e. The van der Waals surface area contributed by atoms with E-state index >= 15 is 0 Å². The van der Waals surface area contributed by atoms with Crippen molar-refractivity contribution >= 4 is 16.9 Å². The summed E-state index contributed by atoms with van der Waals surface area (Å²) in [4.78, 5) is 9.13. The molecule has 19 heavy (non-hydrogen) atoms. The number of hydrogen-bond acceptors (Lipinski definition) is 4. The highest BCUT2D eigenvalue weighted by Gasteiger charge is 2.05. The highest BCUT2D eigenvalue weighted by atomic mass is 15.3. The van der Waals surface area contributed by atoms with Gasteiger partial charge in [-0.2, -0.15) is 5.10 Å². The Morgan fingerprint density at radius 3 is 2.53 bits per heavy atom.